The number of aromatic nitrogens is 1. The van der Waals surface area contributed by atoms with Crippen molar-refractivity contribution in [2.75, 3.05) is 11.9 Å². The Kier molecular flexibility index (Phi) is 4.31. The highest BCUT2D eigenvalue weighted by Crippen LogP contribution is 2.10. The summed E-state index contributed by atoms with van der Waals surface area (Å²) in [7, 11) is 0. The highest BCUT2D eigenvalue weighted by atomic mass is 32.1. The number of anilines is 1. The van der Waals surface area contributed by atoms with Crippen LogP contribution in [0.2, 0.25) is 0 Å². The van der Waals surface area contributed by atoms with Crippen LogP contribution in [-0.4, -0.2) is 17.6 Å². The summed E-state index contributed by atoms with van der Waals surface area (Å²) in [5.41, 5.74) is -0.0768. The highest BCUT2D eigenvalue weighted by molar-refractivity contribution is 7.13. The number of hydrogen-bond acceptors (Lipinski definition) is 6. The largest absolute Gasteiger partial charge is 0.462 e. The molecule has 0 aliphatic heterocycles. The Labute approximate surface area is 91.0 Å². The van der Waals surface area contributed by atoms with Crippen molar-refractivity contribution in [1.29, 1.82) is 5.26 Å². The second kappa shape index (κ2) is 5.78. The molecule has 0 amide bonds. The lowest BCUT2D eigenvalue weighted by Crippen LogP contribution is -2.07. The van der Waals surface area contributed by atoms with E-state index in [-0.39, 0.29) is 12.2 Å². The topological polar surface area (TPSA) is 75.0 Å². The number of carbonyl (C=O) groups excluding carboxylic acids is 1. The number of carbonyl (C=O) groups is 1. The Morgan fingerprint density at radius 1 is 1.87 bits per heavy atom. The summed E-state index contributed by atoms with van der Waals surface area (Å²) in [6.07, 6.45) is 2.91. The van der Waals surface area contributed by atoms with Crippen molar-refractivity contribution in [3.8, 4) is 6.07 Å². The number of nitriles is 1. The van der Waals surface area contributed by atoms with Gasteiger partial charge in [0.1, 0.15) is 6.07 Å². The molecule has 0 unspecified atom stereocenters. The zero-order valence-corrected chi connectivity index (χ0v) is 8.87. The summed E-state index contributed by atoms with van der Waals surface area (Å²) in [6.45, 7) is 1.93. The smallest absolute Gasteiger partial charge is 0.350 e. The molecule has 1 heterocycles. The van der Waals surface area contributed by atoms with Crippen LogP contribution in [0.1, 0.15) is 6.92 Å². The van der Waals surface area contributed by atoms with Gasteiger partial charge in [0, 0.05) is 17.8 Å². The summed E-state index contributed by atoms with van der Waals surface area (Å²) in [5, 5.41) is 13.8. The minimum absolute atomic E-state index is 0.0768. The first-order valence-electron chi connectivity index (χ1n) is 4.21. The predicted molar refractivity (Wildman–Crippen MR) is 56.1 cm³/mol. The van der Waals surface area contributed by atoms with Gasteiger partial charge in [0.25, 0.3) is 0 Å². The molecule has 0 aliphatic rings. The number of esters is 1. The summed E-state index contributed by atoms with van der Waals surface area (Å²) >= 11 is 1.37. The van der Waals surface area contributed by atoms with Crippen molar-refractivity contribution < 1.29 is 9.53 Å². The van der Waals surface area contributed by atoms with Gasteiger partial charge in [0.05, 0.1) is 6.61 Å². The molecule has 0 radical (unpaired) electrons. The Hall–Kier alpha value is -1.87. The van der Waals surface area contributed by atoms with E-state index in [2.05, 4.69) is 15.0 Å². The Morgan fingerprint density at radius 2 is 2.67 bits per heavy atom. The van der Waals surface area contributed by atoms with Gasteiger partial charge in [-0.05, 0) is 6.92 Å². The maximum absolute atomic E-state index is 11.2. The van der Waals surface area contributed by atoms with Gasteiger partial charge < -0.3 is 10.1 Å². The summed E-state index contributed by atoms with van der Waals surface area (Å²) in [4.78, 5) is 15.1. The number of nitrogens with zero attached hydrogens (tertiary/aromatic N) is 2. The molecule has 0 aromatic carbocycles. The van der Waals surface area contributed by atoms with Crippen molar-refractivity contribution in [2.45, 2.75) is 6.92 Å². The average molecular weight is 223 g/mol. The van der Waals surface area contributed by atoms with Crippen LogP contribution in [0.25, 0.3) is 0 Å². The second-order valence-electron chi connectivity index (χ2n) is 2.37. The zero-order chi connectivity index (χ0) is 11.1. The van der Waals surface area contributed by atoms with Crippen molar-refractivity contribution in [2.24, 2.45) is 0 Å². The highest BCUT2D eigenvalue weighted by Gasteiger charge is 2.09. The number of hydrogen-bond donors (Lipinski definition) is 1. The van der Waals surface area contributed by atoms with Crippen LogP contribution < -0.4 is 5.32 Å². The van der Waals surface area contributed by atoms with Gasteiger partial charge in [0.2, 0.25) is 0 Å². The normalized spacial score (nSPS) is 10.5. The van der Waals surface area contributed by atoms with Gasteiger partial charge in [-0.1, -0.05) is 0 Å². The van der Waals surface area contributed by atoms with E-state index in [0.717, 1.165) is 0 Å². The fraction of sp³-hybridized carbons (Fsp3) is 0.222. The molecule has 78 valence electrons. The van der Waals surface area contributed by atoms with E-state index in [1.807, 2.05) is 0 Å². The van der Waals surface area contributed by atoms with Crippen LogP contribution in [-0.2, 0) is 9.53 Å². The van der Waals surface area contributed by atoms with Crippen molar-refractivity contribution >= 4 is 22.4 Å². The van der Waals surface area contributed by atoms with E-state index < -0.39 is 5.97 Å². The van der Waals surface area contributed by atoms with Crippen molar-refractivity contribution in [3.05, 3.63) is 23.3 Å². The van der Waals surface area contributed by atoms with E-state index in [1.165, 1.54) is 17.5 Å². The maximum Gasteiger partial charge on any atom is 0.350 e. The molecule has 0 saturated carbocycles. The molecule has 6 heteroatoms. The molecule has 15 heavy (non-hydrogen) atoms. The molecular formula is C9H9N3O2S. The standard InChI is InChI=1S/C9H9N3O2S/c1-2-14-8(13)7(5-10)6-12-9-11-3-4-15-9/h3-4,6H,2H2,1H3,(H,11,12)/b7-6-. The van der Waals surface area contributed by atoms with E-state index in [9.17, 15) is 4.79 Å². The fourth-order valence-electron chi connectivity index (χ4n) is 0.774. The monoisotopic (exact) mass is 223 g/mol. The van der Waals surface area contributed by atoms with E-state index >= 15 is 0 Å². The van der Waals surface area contributed by atoms with Crippen LogP contribution in [0, 0.1) is 11.3 Å². The van der Waals surface area contributed by atoms with Crippen LogP contribution in [0.3, 0.4) is 0 Å². The number of nitrogens with one attached hydrogen (secondary N) is 1. The Bertz CT molecular complexity index is 392. The summed E-state index contributed by atoms with van der Waals surface area (Å²) in [6, 6.07) is 1.75. The SMILES string of the molecule is CCOC(=O)/C(C#N)=C\Nc1nccs1. The summed E-state index contributed by atoms with van der Waals surface area (Å²) in [5.74, 6) is -0.635. The van der Waals surface area contributed by atoms with Gasteiger partial charge in [-0.3, -0.25) is 0 Å². The Balaban J connectivity index is 2.63. The fourth-order valence-corrected chi connectivity index (χ4v) is 1.27. The molecule has 1 aromatic heterocycles. The average Bonchev–Trinajstić information content (AvgIpc) is 2.72. The van der Waals surface area contributed by atoms with Gasteiger partial charge in [-0.2, -0.15) is 5.26 Å². The van der Waals surface area contributed by atoms with Gasteiger partial charge >= 0.3 is 5.97 Å². The van der Waals surface area contributed by atoms with Gasteiger partial charge in [-0.25, -0.2) is 9.78 Å². The van der Waals surface area contributed by atoms with Crippen LogP contribution in [0.5, 0.6) is 0 Å². The Morgan fingerprint density at radius 3 is 3.20 bits per heavy atom. The third kappa shape index (κ3) is 3.40. The summed E-state index contributed by atoms with van der Waals surface area (Å²) < 4.78 is 4.68. The molecular weight excluding hydrogens is 214 g/mol. The van der Waals surface area contributed by atoms with E-state index in [1.54, 1.807) is 24.6 Å². The first-order chi connectivity index (χ1) is 7.27. The molecule has 1 rings (SSSR count). The quantitative estimate of drug-likeness (QED) is 0.476. The number of rotatable bonds is 4. The molecule has 1 N–H and O–H groups in total. The zero-order valence-electron chi connectivity index (χ0n) is 8.06. The van der Waals surface area contributed by atoms with Crippen molar-refractivity contribution in [3.63, 3.8) is 0 Å². The van der Waals surface area contributed by atoms with Crippen LogP contribution in [0.15, 0.2) is 23.3 Å². The third-order valence-corrected chi connectivity index (χ3v) is 2.09. The minimum atomic E-state index is -0.635. The van der Waals surface area contributed by atoms with Crippen molar-refractivity contribution in [1.82, 2.24) is 4.98 Å². The maximum atomic E-state index is 11.2. The van der Waals surface area contributed by atoms with Crippen LogP contribution in [0.4, 0.5) is 5.13 Å². The lowest BCUT2D eigenvalue weighted by atomic mass is 10.3. The lowest BCUT2D eigenvalue weighted by Gasteiger charge is -1.99. The van der Waals surface area contributed by atoms with E-state index in [0.29, 0.717) is 5.13 Å². The lowest BCUT2D eigenvalue weighted by molar-refractivity contribution is -0.138. The molecule has 0 bridgehead atoms. The second-order valence-corrected chi connectivity index (χ2v) is 3.27. The van der Waals surface area contributed by atoms with E-state index in [4.69, 9.17) is 5.26 Å². The molecule has 0 spiro atoms. The number of ether oxygens (including phenoxy) is 1. The molecule has 0 saturated heterocycles. The third-order valence-electron chi connectivity index (χ3n) is 1.39. The predicted octanol–water partition coefficient (Wildman–Crippen LogP) is 1.53. The molecule has 5 nitrogen and oxygen atoms in total. The molecule has 0 fully saturated rings. The minimum Gasteiger partial charge on any atom is -0.462 e. The molecule has 1 aromatic rings. The number of thiazole rings is 1. The van der Waals surface area contributed by atoms with Gasteiger partial charge in [-0.15, -0.1) is 11.3 Å². The molecule has 0 atom stereocenters. The molecule has 0 aliphatic carbocycles. The first-order valence-corrected chi connectivity index (χ1v) is 5.09. The van der Waals surface area contributed by atoms with Crippen LogP contribution >= 0.6 is 11.3 Å². The van der Waals surface area contributed by atoms with Gasteiger partial charge in [0.15, 0.2) is 10.7 Å². The first kappa shape index (κ1) is 11.2.